The molecule has 2 aromatic carbocycles. The van der Waals surface area contributed by atoms with Gasteiger partial charge >= 0.3 is 0 Å². The summed E-state index contributed by atoms with van der Waals surface area (Å²) in [5.41, 5.74) is 0.180. The molecule has 0 saturated heterocycles. The van der Waals surface area contributed by atoms with Crippen LogP contribution >= 0.6 is 11.6 Å². The first-order valence-corrected chi connectivity index (χ1v) is 10.6. The summed E-state index contributed by atoms with van der Waals surface area (Å²) in [5, 5.41) is 11.7. The quantitative estimate of drug-likeness (QED) is 0.398. The summed E-state index contributed by atoms with van der Waals surface area (Å²) in [5.74, 6) is -0.491. The Morgan fingerprint density at radius 2 is 1.65 bits per heavy atom. The van der Waals surface area contributed by atoms with Gasteiger partial charge in [0, 0.05) is 6.07 Å². The summed E-state index contributed by atoms with van der Waals surface area (Å²) < 4.78 is 52.0. The minimum absolute atomic E-state index is 0.0525. The zero-order valence-corrected chi connectivity index (χ0v) is 15.6. The number of aromatic hydroxyl groups is 1. The summed E-state index contributed by atoms with van der Waals surface area (Å²) in [7, 11) is -7.72. The van der Waals surface area contributed by atoms with Crippen LogP contribution in [-0.4, -0.2) is 34.6 Å². The largest absolute Gasteiger partial charge is 0.506 e. The van der Waals surface area contributed by atoms with Crippen LogP contribution in [-0.2, 0) is 24.8 Å². The number of phenols is 1. The number of sulfonamides is 2. The zero-order valence-electron chi connectivity index (χ0n) is 13.2. The summed E-state index contributed by atoms with van der Waals surface area (Å²) in [6.45, 7) is 0. The highest BCUT2D eigenvalue weighted by Gasteiger charge is 2.21. The van der Waals surface area contributed by atoms with E-state index in [1.165, 1.54) is 24.3 Å². The van der Waals surface area contributed by atoms with Crippen LogP contribution in [0.15, 0.2) is 41.3 Å². The molecule has 0 spiro atoms. The number of phenolic OH excluding ortho intramolecular Hbond substituents is 1. The molecule has 140 valence electrons. The molecule has 0 aliphatic heterocycles. The summed E-state index contributed by atoms with van der Waals surface area (Å²) in [6.07, 6.45) is 1.26. The molecule has 26 heavy (non-hydrogen) atoms. The third-order valence-electron chi connectivity index (χ3n) is 2.97. The minimum atomic E-state index is -4.19. The molecule has 0 aromatic heterocycles. The SMILES string of the molecule is CS(=O)(=O)Nc1cccc(NS(=O)(=O)c2cc(O)c(NC=O)cc2Cl)c1. The standard InChI is InChI=1S/C14H14ClN3O6S2/c1-25(21,22)17-9-3-2-4-10(5-9)18-26(23,24)14-7-13(20)12(16-8-19)6-11(14)15/h2-8,17-18,20H,1H3,(H,16,19). The number of hydrogen-bond acceptors (Lipinski definition) is 6. The number of carbonyl (C=O) groups is 1. The second-order valence-corrected chi connectivity index (χ2v) is 8.93. The van der Waals surface area contributed by atoms with Crippen LogP contribution in [0.2, 0.25) is 5.02 Å². The predicted molar refractivity (Wildman–Crippen MR) is 98.5 cm³/mol. The molecule has 2 aromatic rings. The molecule has 2 rings (SSSR count). The molecule has 0 fully saturated rings. The molecule has 0 bridgehead atoms. The van der Waals surface area contributed by atoms with E-state index < -0.39 is 30.7 Å². The Bertz CT molecular complexity index is 1050. The number of anilines is 3. The van der Waals surface area contributed by atoms with Crippen molar-refractivity contribution in [1.82, 2.24) is 0 Å². The molecule has 0 atom stereocenters. The lowest BCUT2D eigenvalue weighted by Crippen LogP contribution is -2.14. The van der Waals surface area contributed by atoms with E-state index in [9.17, 15) is 26.7 Å². The third kappa shape index (κ3) is 5.00. The van der Waals surface area contributed by atoms with Gasteiger partial charge in [-0.1, -0.05) is 17.7 Å². The molecular weight excluding hydrogens is 406 g/mol. The van der Waals surface area contributed by atoms with Crippen molar-refractivity contribution in [3.63, 3.8) is 0 Å². The first kappa shape index (κ1) is 19.8. The fourth-order valence-electron chi connectivity index (χ4n) is 2.00. The maximum atomic E-state index is 12.5. The maximum Gasteiger partial charge on any atom is 0.263 e. The van der Waals surface area contributed by atoms with Crippen molar-refractivity contribution in [1.29, 1.82) is 0 Å². The third-order valence-corrected chi connectivity index (χ3v) is 5.42. The Morgan fingerprint density at radius 3 is 2.23 bits per heavy atom. The number of benzene rings is 2. The molecule has 12 heteroatoms. The van der Waals surface area contributed by atoms with E-state index in [-0.39, 0.29) is 22.1 Å². The number of halogens is 1. The number of carbonyl (C=O) groups excluding carboxylic acids is 1. The lowest BCUT2D eigenvalue weighted by atomic mass is 10.3. The number of hydrogen-bond donors (Lipinski definition) is 4. The maximum absolute atomic E-state index is 12.5. The van der Waals surface area contributed by atoms with Crippen molar-refractivity contribution in [3.05, 3.63) is 41.4 Å². The fourth-order valence-corrected chi connectivity index (χ4v) is 4.15. The average molecular weight is 420 g/mol. The molecular formula is C14H14ClN3O6S2. The molecule has 0 aliphatic rings. The molecule has 0 radical (unpaired) electrons. The predicted octanol–water partition coefficient (Wildman–Crippen LogP) is 1.79. The van der Waals surface area contributed by atoms with E-state index in [1.807, 2.05) is 0 Å². The minimum Gasteiger partial charge on any atom is -0.506 e. The van der Waals surface area contributed by atoms with Gasteiger partial charge in [0.1, 0.15) is 10.6 Å². The van der Waals surface area contributed by atoms with Gasteiger partial charge in [-0.2, -0.15) is 0 Å². The van der Waals surface area contributed by atoms with Crippen LogP contribution in [0, 0.1) is 0 Å². The van der Waals surface area contributed by atoms with Crippen molar-refractivity contribution in [2.24, 2.45) is 0 Å². The van der Waals surface area contributed by atoms with Crippen molar-refractivity contribution in [2.45, 2.75) is 4.90 Å². The first-order valence-electron chi connectivity index (χ1n) is 6.85. The Morgan fingerprint density at radius 1 is 1.04 bits per heavy atom. The van der Waals surface area contributed by atoms with Gasteiger partial charge in [0.2, 0.25) is 16.4 Å². The van der Waals surface area contributed by atoms with Gasteiger partial charge in [-0.25, -0.2) is 16.8 Å². The van der Waals surface area contributed by atoms with Crippen molar-refractivity contribution in [3.8, 4) is 5.75 Å². The van der Waals surface area contributed by atoms with Gasteiger partial charge in [-0.05, 0) is 24.3 Å². The van der Waals surface area contributed by atoms with Crippen molar-refractivity contribution >= 4 is 55.1 Å². The summed E-state index contributed by atoms with van der Waals surface area (Å²) >= 11 is 5.93. The van der Waals surface area contributed by atoms with Gasteiger partial charge in [-0.3, -0.25) is 14.2 Å². The number of rotatable bonds is 7. The summed E-state index contributed by atoms with van der Waals surface area (Å²) in [6, 6.07) is 7.53. The molecule has 0 unspecified atom stereocenters. The number of nitrogens with one attached hydrogen (secondary N) is 3. The van der Waals surface area contributed by atoms with Crippen molar-refractivity contribution in [2.75, 3.05) is 21.0 Å². The van der Waals surface area contributed by atoms with Gasteiger partial charge in [0.15, 0.2) is 0 Å². The first-order chi connectivity index (χ1) is 12.0. The highest BCUT2D eigenvalue weighted by atomic mass is 35.5. The van der Waals surface area contributed by atoms with E-state index in [0.29, 0.717) is 6.41 Å². The van der Waals surface area contributed by atoms with Gasteiger partial charge in [-0.15, -0.1) is 0 Å². The molecule has 1 amide bonds. The second-order valence-electron chi connectivity index (χ2n) is 5.12. The van der Waals surface area contributed by atoms with Gasteiger partial charge in [0.25, 0.3) is 10.0 Å². The van der Waals surface area contributed by atoms with Crippen LogP contribution in [0.1, 0.15) is 0 Å². The van der Waals surface area contributed by atoms with Crippen LogP contribution in [0.3, 0.4) is 0 Å². The van der Waals surface area contributed by atoms with E-state index in [0.717, 1.165) is 18.4 Å². The van der Waals surface area contributed by atoms with E-state index in [4.69, 9.17) is 11.6 Å². The van der Waals surface area contributed by atoms with Crippen LogP contribution in [0.25, 0.3) is 0 Å². The summed E-state index contributed by atoms with van der Waals surface area (Å²) in [4.78, 5) is 10.0. The van der Waals surface area contributed by atoms with Crippen molar-refractivity contribution < 1.29 is 26.7 Å². The Balaban J connectivity index is 2.36. The van der Waals surface area contributed by atoms with E-state index in [2.05, 4.69) is 14.8 Å². The van der Waals surface area contributed by atoms with Gasteiger partial charge < -0.3 is 10.4 Å². The highest BCUT2D eigenvalue weighted by Crippen LogP contribution is 2.33. The average Bonchev–Trinajstić information content (AvgIpc) is 2.49. The molecule has 4 N–H and O–H groups in total. The Kier molecular flexibility index (Phi) is 5.64. The highest BCUT2D eigenvalue weighted by molar-refractivity contribution is 7.93. The smallest absolute Gasteiger partial charge is 0.263 e. The topological polar surface area (TPSA) is 142 Å². The second kappa shape index (κ2) is 7.40. The lowest BCUT2D eigenvalue weighted by Gasteiger charge is -2.13. The van der Waals surface area contributed by atoms with Crippen LogP contribution in [0.5, 0.6) is 5.75 Å². The lowest BCUT2D eigenvalue weighted by molar-refractivity contribution is -0.105. The Hall–Kier alpha value is -2.50. The zero-order chi connectivity index (χ0) is 19.5. The monoisotopic (exact) mass is 419 g/mol. The molecule has 0 aliphatic carbocycles. The van der Waals surface area contributed by atoms with Crippen LogP contribution < -0.4 is 14.8 Å². The van der Waals surface area contributed by atoms with E-state index in [1.54, 1.807) is 0 Å². The molecule has 9 nitrogen and oxygen atoms in total. The Labute approximate surface area is 155 Å². The van der Waals surface area contributed by atoms with E-state index >= 15 is 0 Å². The van der Waals surface area contributed by atoms with Crippen LogP contribution in [0.4, 0.5) is 17.1 Å². The fraction of sp³-hybridized carbons (Fsp3) is 0.0714. The normalized spacial score (nSPS) is 11.6. The van der Waals surface area contributed by atoms with Gasteiger partial charge in [0.05, 0.1) is 28.3 Å². The molecule has 0 heterocycles. The number of amides is 1. The molecule has 0 saturated carbocycles.